The molecule has 0 aliphatic carbocycles. The van der Waals surface area contributed by atoms with Crippen LogP contribution in [0.2, 0.25) is 5.02 Å². The number of hydrogen-bond acceptors (Lipinski definition) is 3. The number of para-hydroxylation sites is 1. The molecule has 3 nitrogen and oxygen atoms in total. The lowest BCUT2D eigenvalue weighted by atomic mass is 9.99. The summed E-state index contributed by atoms with van der Waals surface area (Å²) < 4.78 is 13.9. The van der Waals surface area contributed by atoms with E-state index >= 15 is 0 Å². The Bertz CT molecular complexity index is 702. The van der Waals surface area contributed by atoms with Crippen LogP contribution in [-0.4, -0.2) is 17.5 Å². The lowest BCUT2D eigenvalue weighted by molar-refractivity contribution is 0.317. The average Bonchev–Trinajstić information content (AvgIpc) is 2.50. The predicted octanol–water partition coefficient (Wildman–Crippen LogP) is 4.07. The van der Waals surface area contributed by atoms with Gasteiger partial charge in [0.1, 0.15) is 5.82 Å². The Balaban J connectivity index is 1.93. The predicted molar refractivity (Wildman–Crippen MR) is 81.8 cm³/mol. The number of oxime groups is 1. The van der Waals surface area contributed by atoms with Gasteiger partial charge in [0.05, 0.1) is 5.71 Å². The second-order valence-electron chi connectivity index (χ2n) is 4.97. The van der Waals surface area contributed by atoms with E-state index in [-0.39, 0.29) is 5.82 Å². The summed E-state index contributed by atoms with van der Waals surface area (Å²) in [6.07, 6.45) is 0.628. The number of anilines is 1. The number of benzene rings is 2. The first-order chi connectivity index (χ1) is 10.2. The van der Waals surface area contributed by atoms with Gasteiger partial charge in [0, 0.05) is 41.3 Å². The minimum absolute atomic E-state index is 0.304. The maximum atomic E-state index is 13.9. The molecule has 3 rings (SSSR count). The third-order valence-electron chi connectivity index (χ3n) is 3.67. The van der Waals surface area contributed by atoms with Crippen LogP contribution in [0.5, 0.6) is 0 Å². The molecule has 0 bridgehead atoms. The van der Waals surface area contributed by atoms with E-state index in [4.69, 9.17) is 16.8 Å². The molecular weight excluding hydrogens is 291 g/mol. The van der Waals surface area contributed by atoms with Crippen LogP contribution in [0.15, 0.2) is 47.6 Å². The molecular formula is C16H14ClFN2O. The van der Waals surface area contributed by atoms with Crippen molar-refractivity contribution in [1.29, 1.82) is 0 Å². The number of hydrogen-bond donors (Lipinski definition) is 1. The summed E-state index contributed by atoms with van der Waals surface area (Å²) in [5.41, 5.74) is 3.10. The van der Waals surface area contributed by atoms with E-state index < -0.39 is 0 Å². The van der Waals surface area contributed by atoms with Crippen molar-refractivity contribution in [3.63, 3.8) is 0 Å². The molecule has 0 unspecified atom stereocenters. The summed E-state index contributed by atoms with van der Waals surface area (Å²) in [5, 5.41) is 12.8. The Kier molecular flexibility index (Phi) is 3.80. The van der Waals surface area contributed by atoms with Crippen LogP contribution >= 0.6 is 11.6 Å². The molecule has 5 heteroatoms. The van der Waals surface area contributed by atoms with Gasteiger partial charge < -0.3 is 10.1 Å². The van der Waals surface area contributed by atoms with Crippen LogP contribution in [0.4, 0.5) is 10.1 Å². The smallest absolute Gasteiger partial charge is 0.129 e. The van der Waals surface area contributed by atoms with Crippen molar-refractivity contribution in [3.05, 3.63) is 64.4 Å². The maximum Gasteiger partial charge on any atom is 0.129 e. The first-order valence-corrected chi connectivity index (χ1v) is 7.06. The molecule has 0 spiro atoms. The quantitative estimate of drug-likeness (QED) is 0.670. The van der Waals surface area contributed by atoms with E-state index in [0.717, 1.165) is 11.3 Å². The molecule has 2 aromatic carbocycles. The summed E-state index contributed by atoms with van der Waals surface area (Å²) >= 11 is 5.78. The molecule has 108 valence electrons. The molecule has 0 saturated carbocycles. The van der Waals surface area contributed by atoms with Gasteiger partial charge in [-0.3, -0.25) is 0 Å². The Hall–Kier alpha value is -2.07. The molecule has 2 aromatic rings. The van der Waals surface area contributed by atoms with Crippen molar-refractivity contribution in [3.8, 4) is 0 Å². The maximum absolute atomic E-state index is 13.9. The molecule has 0 fully saturated rings. The molecule has 0 saturated heterocycles. The summed E-state index contributed by atoms with van der Waals surface area (Å²) in [6.45, 7) is 1.14. The molecule has 1 aliphatic rings. The zero-order valence-electron chi connectivity index (χ0n) is 11.3. The van der Waals surface area contributed by atoms with Crippen molar-refractivity contribution < 1.29 is 9.60 Å². The van der Waals surface area contributed by atoms with Gasteiger partial charge >= 0.3 is 0 Å². The van der Waals surface area contributed by atoms with Crippen molar-refractivity contribution in [1.82, 2.24) is 0 Å². The Labute approximate surface area is 127 Å². The highest BCUT2D eigenvalue weighted by Gasteiger charge is 2.22. The van der Waals surface area contributed by atoms with Gasteiger partial charge in [0.25, 0.3) is 0 Å². The minimum Gasteiger partial charge on any atom is -0.411 e. The second kappa shape index (κ2) is 5.74. The van der Waals surface area contributed by atoms with Crippen LogP contribution in [0.3, 0.4) is 0 Å². The first-order valence-electron chi connectivity index (χ1n) is 6.68. The van der Waals surface area contributed by atoms with Crippen LogP contribution in [0.1, 0.15) is 17.5 Å². The molecule has 1 N–H and O–H groups in total. The molecule has 1 aliphatic heterocycles. The minimum atomic E-state index is -0.304. The van der Waals surface area contributed by atoms with Crippen LogP contribution in [0, 0.1) is 5.82 Å². The van der Waals surface area contributed by atoms with Crippen molar-refractivity contribution in [2.45, 2.75) is 13.0 Å². The Morgan fingerprint density at radius 2 is 2.05 bits per heavy atom. The fourth-order valence-electron chi connectivity index (χ4n) is 2.61. The summed E-state index contributed by atoms with van der Waals surface area (Å²) in [5.74, 6) is -0.304. The monoisotopic (exact) mass is 304 g/mol. The first kappa shape index (κ1) is 13.9. The lowest BCUT2D eigenvalue weighted by Crippen LogP contribution is -2.32. The molecule has 0 radical (unpaired) electrons. The zero-order valence-corrected chi connectivity index (χ0v) is 12.0. The number of halogens is 2. The van der Waals surface area contributed by atoms with E-state index in [1.54, 1.807) is 12.1 Å². The third-order valence-corrected chi connectivity index (χ3v) is 3.91. The van der Waals surface area contributed by atoms with E-state index in [1.807, 2.05) is 24.3 Å². The Morgan fingerprint density at radius 1 is 1.24 bits per heavy atom. The van der Waals surface area contributed by atoms with Gasteiger partial charge in [-0.25, -0.2) is 4.39 Å². The van der Waals surface area contributed by atoms with Crippen LogP contribution in [-0.2, 0) is 6.54 Å². The topological polar surface area (TPSA) is 35.8 Å². The van der Waals surface area contributed by atoms with Gasteiger partial charge in [-0.05, 0) is 18.2 Å². The number of nitrogens with zero attached hydrogens (tertiary/aromatic N) is 2. The van der Waals surface area contributed by atoms with Gasteiger partial charge in [0.2, 0.25) is 0 Å². The molecule has 1 heterocycles. The summed E-state index contributed by atoms with van der Waals surface area (Å²) in [4.78, 5) is 2.08. The molecule has 21 heavy (non-hydrogen) atoms. The zero-order chi connectivity index (χ0) is 14.8. The van der Waals surface area contributed by atoms with E-state index in [9.17, 15) is 4.39 Å². The lowest BCUT2D eigenvalue weighted by Gasteiger charge is -2.31. The largest absolute Gasteiger partial charge is 0.411 e. The van der Waals surface area contributed by atoms with E-state index in [1.165, 1.54) is 6.07 Å². The highest BCUT2D eigenvalue weighted by atomic mass is 35.5. The van der Waals surface area contributed by atoms with Gasteiger partial charge in [-0.15, -0.1) is 0 Å². The summed E-state index contributed by atoms with van der Waals surface area (Å²) in [6, 6.07) is 12.4. The molecule has 0 aromatic heterocycles. The normalized spacial score (nSPS) is 16.1. The van der Waals surface area contributed by atoms with Crippen molar-refractivity contribution >= 4 is 23.0 Å². The van der Waals surface area contributed by atoms with E-state index in [2.05, 4.69) is 10.1 Å². The van der Waals surface area contributed by atoms with Crippen LogP contribution in [0.25, 0.3) is 0 Å². The number of rotatable bonds is 2. The third kappa shape index (κ3) is 2.72. The number of fused-ring (bicyclic) bond motifs is 1. The summed E-state index contributed by atoms with van der Waals surface area (Å²) in [7, 11) is 0. The molecule has 0 atom stereocenters. The van der Waals surface area contributed by atoms with Crippen molar-refractivity contribution in [2.24, 2.45) is 5.16 Å². The molecule has 0 amide bonds. The fourth-order valence-corrected chi connectivity index (χ4v) is 2.77. The van der Waals surface area contributed by atoms with E-state index in [0.29, 0.717) is 35.8 Å². The standard InChI is InChI=1S/C16H14ClFN2O/c17-12-6-5-11(14(18)9-12)10-20-8-7-15(19-21)13-3-1-2-4-16(13)20/h1-6,9,21H,7-8,10H2/b19-15-. The van der Waals surface area contributed by atoms with Gasteiger partial charge in [0.15, 0.2) is 0 Å². The highest BCUT2D eigenvalue weighted by Crippen LogP contribution is 2.29. The van der Waals surface area contributed by atoms with Crippen molar-refractivity contribution in [2.75, 3.05) is 11.4 Å². The highest BCUT2D eigenvalue weighted by molar-refractivity contribution is 6.30. The fraction of sp³-hybridized carbons (Fsp3) is 0.188. The van der Waals surface area contributed by atoms with Crippen LogP contribution < -0.4 is 4.90 Å². The second-order valence-corrected chi connectivity index (χ2v) is 5.41. The average molecular weight is 305 g/mol. The Morgan fingerprint density at radius 3 is 2.81 bits per heavy atom. The van der Waals surface area contributed by atoms with Gasteiger partial charge in [-0.1, -0.05) is 41.0 Å². The van der Waals surface area contributed by atoms with Gasteiger partial charge in [-0.2, -0.15) is 0 Å². The SMILES string of the molecule is O/N=C1/CCN(Cc2ccc(Cl)cc2F)c2ccccc21.